The summed E-state index contributed by atoms with van der Waals surface area (Å²) in [6.07, 6.45) is 0.758. The first-order valence-corrected chi connectivity index (χ1v) is 6.03. The molecular weight excluding hydrogens is 254 g/mol. The third-order valence-electron chi connectivity index (χ3n) is 2.41. The Labute approximate surface area is 110 Å². The summed E-state index contributed by atoms with van der Waals surface area (Å²) in [5, 5.41) is 4.42. The van der Waals surface area contributed by atoms with Gasteiger partial charge in [0.05, 0.1) is 6.04 Å². The minimum atomic E-state index is -0.200. The Morgan fingerprint density at radius 1 is 1.50 bits per heavy atom. The summed E-state index contributed by atoms with van der Waals surface area (Å²) in [4.78, 5) is 4.16. The molecule has 1 atom stereocenters. The average molecular weight is 268 g/mol. The Kier molecular flexibility index (Phi) is 4.17. The molecule has 2 N–H and O–H groups in total. The Morgan fingerprint density at radius 3 is 3.06 bits per heavy atom. The van der Waals surface area contributed by atoms with Crippen molar-refractivity contribution in [2.45, 2.75) is 26.0 Å². The molecule has 2 aromatic rings. The summed E-state index contributed by atoms with van der Waals surface area (Å²) in [6, 6.07) is 6.91. The lowest BCUT2D eigenvalue weighted by Gasteiger charge is -2.02. The summed E-state index contributed by atoms with van der Waals surface area (Å²) >= 11 is 5.84. The van der Waals surface area contributed by atoms with Crippen molar-refractivity contribution in [2.75, 3.05) is 0 Å². The fourth-order valence-electron chi connectivity index (χ4n) is 1.36. The summed E-state index contributed by atoms with van der Waals surface area (Å²) in [5.74, 6) is 1.55. The smallest absolute Gasteiger partial charge is 0.264 e. The van der Waals surface area contributed by atoms with Gasteiger partial charge in [-0.25, -0.2) is 0 Å². The lowest BCUT2D eigenvalue weighted by Crippen LogP contribution is -2.10. The molecule has 1 aromatic carbocycles. The Hall–Kier alpha value is -1.59. The first-order valence-electron chi connectivity index (χ1n) is 5.65. The van der Waals surface area contributed by atoms with Crippen molar-refractivity contribution in [1.82, 2.24) is 10.1 Å². The Balaban J connectivity index is 1.96. The number of hydrogen-bond donors (Lipinski definition) is 1. The van der Waals surface area contributed by atoms with E-state index >= 15 is 0 Å². The van der Waals surface area contributed by atoms with Crippen LogP contribution in [0.1, 0.15) is 31.1 Å². The van der Waals surface area contributed by atoms with E-state index in [0.29, 0.717) is 22.5 Å². The van der Waals surface area contributed by atoms with E-state index in [2.05, 4.69) is 10.1 Å². The van der Waals surface area contributed by atoms with Gasteiger partial charge in [-0.1, -0.05) is 29.7 Å². The lowest BCUT2D eigenvalue weighted by molar-refractivity contribution is 0.242. The molecule has 0 saturated heterocycles. The fraction of sp³-hybridized carbons (Fsp3) is 0.333. The molecule has 0 amide bonds. The molecule has 0 aliphatic carbocycles. The molecule has 0 bridgehead atoms. The molecule has 0 aliphatic rings. The van der Waals surface area contributed by atoms with Gasteiger partial charge < -0.3 is 15.0 Å². The van der Waals surface area contributed by atoms with Crippen LogP contribution in [0.4, 0.5) is 0 Å². The van der Waals surface area contributed by atoms with Crippen molar-refractivity contribution in [1.29, 1.82) is 0 Å². The van der Waals surface area contributed by atoms with Crippen molar-refractivity contribution >= 4 is 11.6 Å². The highest BCUT2D eigenvalue weighted by atomic mass is 35.5. The molecule has 5 nitrogen and oxygen atoms in total. The average Bonchev–Trinajstić information content (AvgIpc) is 2.84. The highest BCUT2D eigenvalue weighted by Crippen LogP contribution is 2.18. The first kappa shape index (κ1) is 12.9. The second-order valence-corrected chi connectivity index (χ2v) is 4.24. The quantitative estimate of drug-likeness (QED) is 0.901. The van der Waals surface area contributed by atoms with Crippen molar-refractivity contribution in [3.63, 3.8) is 0 Å². The van der Waals surface area contributed by atoms with E-state index in [0.717, 1.165) is 6.42 Å². The van der Waals surface area contributed by atoms with Gasteiger partial charge in [0.15, 0.2) is 12.4 Å². The van der Waals surface area contributed by atoms with Crippen molar-refractivity contribution < 1.29 is 9.26 Å². The Bertz CT molecular complexity index is 516. The maximum absolute atomic E-state index is 5.84. The van der Waals surface area contributed by atoms with Gasteiger partial charge >= 0.3 is 0 Å². The molecule has 96 valence electrons. The molecule has 0 radical (unpaired) electrons. The highest BCUT2D eigenvalue weighted by molar-refractivity contribution is 6.30. The van der Waals surface area contributed by atoms with E-state index in [1.54, 1.807) is 18.2 Å². The normalized spacial score (nSPS) is 12.4. The van der Waals surface area contributed by atoms with E-state index in [1.807, 2.05) is 13.0 Å². The van der Waals surface area contributed by atoms with Crippen LogP contribution in [-0.4, -0.2) is 10.1 Å². The van der Waals surface area contributed by atoms with Gasteiger partial charge in [0.1, 0.15) is 5.75 Å². The van der Waals surface area contributed by atoms with E-state index in [1.165, 1.54) is 0 Å². The van der Waals surface area contributed by atoms with Crippen molar-refractivity contribution in [3.05, 3.63) is 41.0 Å². The summed E-state index contributed by atoms with van der Waals surface area (Å²) in [6.45, 7) is 2.16. The largest absolute Gasteiger partial charge is 0.484 e. The zero-order chi connectivity index (χ0) is 13.0. The SMILES string of the molecule is CCC(N)c1noc(COc2cccc(Cl)c2)n1. The number of ether oxygens (including phenoxy) is 1. The number of nitrogens with zero attached hydrogens (tertiary/aromatic N) is 2. The van der Waals surface area contributed by atoms with Crippen LogP contribution in [-0.2, 0) is 6.61 Å². The topological polar surface area (TPSA) is 74.2 Å². The minimum Gasteiger partial charge on any atom is -0.484 e. The zero-order valence-electron chi connectivity index (χ0n) is 9.97. The third kappa shape index (κ3) is 3.21. The molecule has 0 fully saturated rings. The van der Waals surface area contributed by atoms with E-state index in [9.17, 15) is 0 Å². The monoisotopic (exact) mass is 267 g/mol. The van der Waals surface area contributed by atoms with Crippen LogP contribution in [0.5, 0.6) is 5.75 Å². The summed E-state index contributed by atoms with van der Waals surface area (Å²) < 4.78 is 10.5. The van der Waals surface area contributed by atoms with Gasteiger partial charge in [-0.2, -0.15) is 4.98 Å². The van der Waals surface area contributed by atoms with Crippen LogP contribution in [0, 0.1) is 0 Å². The predicted molar refractivity (Wildman–Crippen MR) is 67.3 cm³/mol. The number of aromatic nitrogens is 2. The maximum atomic E-state index is 5.84. The summed E-state index contributed by atoms with van der Waals surface area (Å²) in [7, 11) is 0. The molecule has 1 aromatic heterocycles. The van der Waals surface area contributed by atoms with E-state index in [-0.39, 0.29) is 12.6 Å². The number of halogens is 1. The van der Waals surface area contributed by atoms with Gasteiger partial charge in [-0.15, -0.1) is 0 Å². The lowest BCUT2D eigenvalue weighted by atomic mass is 10.2. The molecule has 1 unspecified atom stereocenters. The number of hydrogen-bond acceptors (Lipinski definition) is 5. The van der Waals surface area contributed by atoms with Gasteiger partial charge in [0.25, 0.3) is 5.89 Å². The molecular formula is C12H14ClN3O2. The predicted octanol–water partition coefficient (Wildman–Crippen LogP) is 2.71. The highest BCUT2D eigenvalue weighted by Gasteiger charge is 2.12. The van der Waals surface area contributed by atoms with Crippen molar-refractivity contribution in [2.24, 2.45) is 5.73 Å². The number of rotatable bonds is 5. The molecule has 0 aliphatic heterocycles. The standard InChI is InChI=1S/C12H14ClN3O2/c1-2-10(14)12-15-11(18-16-12)7-17-9-5-3-4-8(13)6-9/h3-6,10H,2,7,14H2,1H3. The van der Waals surface area contributed by atoms with Gasteiger partial charge in [-0.3, -0.25) is 0 Å². The van der Waals surface area contributed by atoms with E-state index < -0.39 is 0 Å². The number of nitrogens with two attached hydrogens (primary N) is 1. The summed E-state index contributed by atoms with van der Waals surface area (Å²) in [5.41, 5.74) is 5.79. The molecule has 18 heavy (non-hydrogen) atoms. The molecule has 6 heteroatoms. The van der Waals surface area contributed by atoms with Gasteiger partial charge in [0.2, 0.25) is 0 Å². The molecule has 0 saturated carbocycles. The Morgan fingerprint density at radius 2 is 2.33 bits per heavy atom. The molecule has 1 heterocycles. The second-order valence-electron chi connectivity index (χ2n) is 3.81. The van der Waals surface area contributed by atoms with Gasteiger partial charge in [0, 0.05) is 5.02 Å². The first-order chi connectivity index (χ1) is 8.69. The molecule has 0 spiro atoms. The third-order valence-corrected chi connectivity index (χ3v) is 2.65. The van der Waals surface area contributed by atoms with Crippen LogP contribution < -0.4 is 10.5 Å². The minimum absolute atomic E-state index is 0.198. The zero-order valence-corrected chi connectivity index (χ0v) is 10.7. The number of benzene rings is 1. The van der Waals surface area contributed by atoms with E-state index in [4.69, 9.17) is 26.6 Å². The fourth-order valence-corrected chi connectivity index (χ4v) is 1.54. The van der Waals surface area contributed by atoms with Crippen LogP contribution in [0.25, 0.3) is 0 Å². The molecule has 2 rings (SSSR count). The van der Waals surface area contributed by atoms with Gasteiger partial charge in [-0.05, 0) is 24.6 Å². The van der Waals surface area contributed by atoms with Crippen LogP contribution in [0.2, 0.25) is 5.02 Å². The van der Waals surface area contributed by atoms with Crippen LogP contribution in [0.3, 0.4) is 0 Å². The van der Waals surface area contributed by atoms with Crippen LogP contribution in [0.15, 0.2) is 28.8 Å². The van der Waals surface area contributed by atoms with Crippen molar-refractivity contribution in [3.8, 4) is 5.75 Å². The second kappa shape index (κ2) is 5.84. The van der Waals surface area contributed by atoms with Crippen LogP contribution >= 0.6 is 11.6 Å². The maximum Gasteiger partial charge on any atom is 0.264 e.